The summed E-state index contributed by atoms with van der Waals surface area (Å²) in [6.45, 7) is 7.79. The van der Waals surface area contributed by atoms with Gasteiger partial charge < -0.3 is 14.6 Å². The average molecular weight is 359 g/mol. The molecular formula is C20H26FN3O2. The zero-order valence-electron chi connectivity index (χ0n) is 15.4. The predicted octanol–water partition coefficient (Wildman–Crippen LogP) is 3.27. The third-order valence-electron chi connectivity index (χ3n) is 4.62. The number of hydrogen-bond acceptors (Lipinski definition) is 3. The van der Waals surface area contributed by atoms with Gasteiger partial charge >= 0.3 is 6.03 Å². The van der Waals surface area contributed by atoms with Crippen molar-refractivity contribution < 1.29 is 13.6 Å². The van der Waals surface area contributed by atoms with Crippen molar-refractivity contribution in [3.8, 4) is 0 Å². The Morgan fingerprint density at radius 3 is 2.46 bits per heavy atom. The number of hydrogen-bond donors (Lipinski definition) is 1. The molecule has 1 aromatic heterocycles. The van der Waals surface area contributed by atoms with Crippen molar-refractivity contribution in [3.05, 3.63) is 59.8 Å². The fraction of sp³-hybridized carbons (Fsp3) is 0.450. The van der Waals surface area contributed by atoms with E-state index in [1.165, 1.54) is 12.1 Å². The average Bonchev–Trinajstić information content (AvgIpc) is 3.10. The number of amides is 2. The number of urea groups is 1. The molecule has 1 aliphatic rings. The molecule has 1 saturated heterocycles. The van der Waals surface area contributed by atoms with Gasteiger partial charge in [-0.2, -0.15) is 0 Å². The summed E-state index contributed by atoms with van der Waals surface area (Å²) in [7, 11) is 0. The second-order valence-corrected chi connectivity index (χ2v) is 7.46. The van der Waals surface area contributed by atoms with Gasteiger partial charge in [-0.15, -0.1) is 0 Å². The molecule has 1 aromatic carbocycles. The maximum Gasteiger partial charge on any atom is 0.317 e. The summed E-state index contributed by atoms with van der Waals surface area (Å²) in [5.74, 6) is 0.700. The van der Waals surface area contributed by atoms with Gasteiger partial charge in [0, 0.05) is 31.7 Å². The Morgan fingerprint density at radius 1 is 1.15 bits per heavy atom. The van der Waals surface area contributed by atoms with Crippen LogP contribution in [0, 0.1) is 5.82 Å². The van der Waals surface area contributed by atoms with Gasteiger partial charge in [-0.05, 0) is 50.1 Å². The van der Waals surface area contributed by atoms with Crippen LogP contribution in [0.2, 0.25) is 0 Å². The Labute approximate surface area is 153 Å². The van der Waals surface area contributed by atoms with Gasteiger partial charge in [0.1, 0.15) is 11.6 Å². The van der Waals surface area contributed by atoms with E-state index in [4.69, 9.17) is 4.42 Å². The predicted molar refractivity (Wildman–Crippen MR) is 98.3 cm³/mol. The van der Waals surface area contributed by atoms with Crippen molar-refractivity contribution in [1.82, 2.24) is 15.1 Å². The Hall–Kier alpha value is -2.34. The molecule has 2 aromatic rings. The topological polar surface area (TPSA) is 48.7 Å². The summed E-state index contributed by atoms with van der Waals surface area (Å²) >= 11 is 0. The summed E-state index contributed by atoms with van der Waals surface area (Å²) in [6.07, 6.45) is 2.33. The molecule has 6 heteroatoms. The molecule has 140 valence electrons. The molecule has 5 nitrogen and oxygen atoms in total. The second kappa shape index (κ2) is 7.91. The third kappa shape index (κ3) is 5.08. The van der Waals surface area contributed by atoms with Gasteiger partial charge in [0.25, 0.3) is 0 Å². The van der Waals surface area contributed by atoms with E-state index in [2.05, 4.69) is 10.2 Å². The Kier molecular flexibility index (Phi) is 5.61. The first-order valence-electron chi connectivity index (χ1n) is 8.98. The largest absolute Gasteiger partial charge is 0.468 e. The summed E-state index contributed by atoms with van der Waals surface area (Å²) < 4.78 is 18.4. The van der Waals surface area contributed by atoms with Crippen LogP contribution >= 0.6 is 0 Å². The molecule has 1 N–H and O–H groups in total. The van der Waals surface area contributed by atoms with Crippen LogP contribution in [0.4, 0.5) is 9.18 Å². The maximum atomic E-state index is 13.0. The van der Waals surface area contributed by atoms with Gasteiger partial charge in [0.15, 0.2) is 0 Å². The van der Waals surface area contributed by atoms with E-state index in [9.17, 15) is 9.18 Å². The number of benzene rings is 1. The Balaban J connectivity index is 1.47. The van der Waals surface area contributed by atoms with Crippen LogP contribution in [0.15, 0.2) is 47.1 Å². The van der Waals surface area contributed by atoms with Crippen molar-refractivity contribution in [1.29, 1.82) is 0 Å². The van der Waals surface area contributed by atoms with Gasteiger partial charge in [-0.1, -0.05) is 12.1 Å². The highest BCUT2D eigenvalue weighted by atomic mass is 19.1. The molecule has 1 aliphatic heterocycles. The van der Waals surface area contributed by atoms with E-state index in [0.717, 1.165) is 31.0 Å². The number of carbonyl (C=O) groups is 1. The number of nitrogens with zero attached hydrogens (tertiary/aromatic N) is 2. The summed E-state index contributed by atoms with van der Waals surface area (Å²) in [5.41, 5.74) is 0.597. The molecule has 0 bridgehead atoms. The number of carbonyl (C=O) groups excluding carboxylic acids is 1. The lowest BCUT2D eigenvalue weighted by Crippen LogP contribution is -2.56. The molecule has 0 spiro atoms. The second-order valence-electron chi connectivity index (χ2n) is 7.46. The number of halogens is 1. The van der Waals surface area contributed by atoms with Crippen molar-refractivity contribution in [2.24, 2.45) is 0 Å². The normalized spacial score (nSPS) is 15.9. The van der Waals surface area contributed by atoms with Crippen LogP contribution in [0.5, 0.6) is 0 Å². The number of piperazine rings is 1. The van der Waals surface area contributed by atoms with Crippen LogP contribution in [-0.2, 0) is 13.0 Å². The molecule has 0 saturated carbocycles. The first-order valence-corrected chi connectivity index (χ1v) is 8.98. The number of rotatable bonds is 5. The SMILES string of the molecule is CC(C)(Cc1ccc(F)cc1)NC(=O)N1CCN(Cc2ccco2)CC1. The minimum atomic E-state index is -0.403. The maximum absolute atomic E-state index is 13.0. The molecule has 2 amide bonds. The highest BCUT2D eigenvalue weighted by Crippen LogP contribution is 2.15. The quantitative estimate of drug-likeness (QED) is 0.891. The molecule has 2 heterocycles. The summed E-state index contributed by atoms with van der Waals surface area (Å²) in [5, 5.41) is 3.11. The smallest absolute Gasteiger partial charge is 0.317 e. The van der Waals surface area contributed by atoms with Crippen LogP contribution in [0.25, 0.3) is 0 Å². The molecule has 26 heavy (non-hydrogen) atoms. The fourth-order valence-corrected chi connectivity index (χ4v) is 3.26. The van der Waals surface area contributed by atoms with Crippen LogP contribution in [0.3, 0.4) is 0 Å². The van der Waals surface area contributed by atoms with Gasteiger partial charge in [-0.25, -0.2) is 9.18 Å². The lowest BCUT2D eigenvalue weighted by atomic mass is 9.95. The zero-order valence-corrected chi connectivity index (χ0v) is 15.4. The number of nitrogens with one attached hydrogen (secondary N) is 1. The van der Waals surface area contributed by atoms with E-state index in [1.54, 1.807) is 18.4 Å². The standard InChI is InChI=1S/C20H26FN3O2/c1-20(2,14-16-5-7-17(21)8-6-16)22-19(25)24-11-9-23(10-12-24)15-18-4-3-13-26-18/h3-8,13H,9-12,14-15H2,1-2H3,(H,22,25). The number of furan rings is 1. The van der Waals surface area contributed by atoms with Gasteiger partial charge in [-0.3, -0.25) is 4.90 Å². The van der Waals surface area contributed by atoms with Crippen molar-refractivity contribution >= 4 is 6.03 Å². The van der Waals surface area contributed by atoms with E-state index >= 15 is 0 Å². The molecule has 0 atom stereocenters. The van der Waals surface area contributed by atoms with Gasteiger partial charge in [0.05, 0.1) is 12.8 Å². The molecular weight excluding hydrogens is 333 g/mol. The van der Waals surface area contributed by atoms with Crippen molar-refractivity contribution in [3.63, 3.8) is 0 Å². The monoisotopic (exact) mass is 359 g/mol. The van der Waals surface area contributed by atoms with Crippen LogP contribution in [0.1, 0.15) is 25.2 Å². The first kappa shape index (κ1) is 18.5. The zero-order chi connectivity index (χ0) is 18.6. The molecule has 0 aliphatic carbocycles. The van der Waals surface area contributed by atoms with Crippen molar-refractivity contribution in [2.75, 3.05) is 26.2 Å². The first-order chi connectivity index (χ1) is 12.4. The van der Waals surface area contributed by atoms with Gasteiger partial charge in [0.2, 0.25) is 0 Å². The van der Waals surface area contributed by atoms with E-state index in [1.807, 2.05) is 30.9 Å². The highest BCUT2D eigenvalue weighted by Gasteiger charge is 2.27. The lowest BCUT2D eigenvalue weighted by molar-refractivity contribution is 0.125. The van der Waals surface area contributed by atoms with E-state index < -0.39 is 5.54 Å². The molecule has 3 rings (SSSR count). The summed E-state index contributed by atoms with van der Waals surface area (Å²) in [6, 6.07) is 10.2. The fourth-order valence-electron chi connectivity index (χ4n) is 3.26. The molecule has 1 fully saturated rings. The summed E-state index contributed by atoms with van der Waals surface area (Å²) in [4.78, 5) is 16.7. The van der Waals surface area contributed by atoms with E-state index in [0.29, 0.717) is 19.5 Å². The minimum absolute atomic E-state index is 0.0465. The Morgan fingerprint density at radius 2 is 1.85 bits per heavy atom. The van der Waals surface area contributed by atoms with Crippen molar-refractivity contribution in [2.45, 2.75) is 32.4 Å². The van der Waals surface area contributed by atoms with Crippen LogP contribution in [-0.4, -0.2) is 47.5 Å². The molecule has 0 radical (unpaired) electrons. The van der Waals surface area contributed by atoms with Crippen LogP contribution < -0.4 is 5.32 Å². The Bertz CT molecular complexity index is 705. The highest BCUT2D eigenvalue weighted by molar-refractivity contribution is 5.75. The minimum Gasteiger partial charge on any atom is -0.468 e. The van der Waals surface area contributed by atoms with E-state index in [-0.39, 0.29) is 11.8 Å². The third-order valence-corrected chi connectivity index (χ3v) is 4.62. The lowest BCUT2D eigenvalue weighted by Gasteiger charge is -2.36. The molecule has 0 unspecified atom stereocenters.